The summed E-state index contributed by atoms with van der Waals surface area (Å²) in [7, 11) is 0. The van der Waals surface area contributed by atoms with E-state index < -0.39 is 0 Å². The number of aromatic amines is 1. The van der Waals surface area contributed by atoms with Gasteiger partial charge in [-0.3, -0.25) is 4.79 Å². The van der Waals surface area contributed by atoms with Crippen LogP contribution in [0.25, 0.3) is 11.0 Å². The summed E-state index contributed by atoms with van der Waals surface area (Å²) >= 11 is 0. The van der Waals surface area contributed by atoms with Crippen LogP contribution in [0.5, 0.6) is 0 Å². The fourth-order valence-electron chi connectivity index (χ4n) is 2.50. The zero-order valence-electron chi connectivity index (χ0n) is 13.8. The highest BCUT2D eigenvalue weighted by atomic mass is 19.1. The van der Waals surface area contributed by atoms with Gasteiger partial charge in [0, 0.05) is 13.0 Å². The Morgan fingerprint density at radius 1 is 1.16 bits per heavy atom. The van der Waals surface area contributed by atoms with E-state index in [4.69, 9.17) is 4.74 Å². The average molecular weight is 341 g/mol. The van der Waals surface area contributed by atoms with Gasteiger partial charge in [-0.2, -0.15) is 0 Å². The van der Waals surface area contributed by atoms with Gasteiger partial charge in [-0.1, -0.05) is 36.4 Å². The number of amides is 1. The molecule has 0 aliphatic heterocycles. The molecule has 0 fully saturated rings. The predicted molar refractivity (Wildman–Crippen MR) is 93.2 cm³/mol. The third-order valence-electron chi connectivity index (χ3n) is 3.77. The van der Waals surface area contributed by atoms with Crippen LogP contribution in [0.15, 0.2) is 48.5 Å². The molecule has 0 radical (unpaired) electrons. The molecule has 0 unspecified atom stereocenters. The van der Waals surface area contributed by atoms with Crippen molar-refractivity contribution in [3.05, 3.63) is 65.7 Å². The van der Waals surface area contributed by atoms with E-state index in [1.807, 2.05) is 30.3 Å². The van der Waals surface area contributed by atoms with E-state index in [2.05, 4.69) is 15.3 Å². The number of rotatable bonds is 8. The van der Waals surface area contributed by atoms with Crippen molar-refractivity contribution >= 4 is 16.9 Å². The van der Waals surface area contributed by atoms with Crippen molar-refractivity contribution in [3.63, 3.8) is 0 Å². The van der Waals surface area contributed by atoms with E-state index >= 15 is 0 Å². The third-order valence-corrected chi connectivity index (χ3v) is 3.77. The third kappa shape index (κ3) is 4.87. The Morgan fingerprint density at radius 2 is 2.00 bits per heavy atom. The maximum Gasteiger partial charge on any atom is 0.220 e. The fraction of sp³-hybridized carbons (Fsp3) is 0.263. The van der Waals surface area contributed by atoms with Crippen LogP contribution < -0.4 is 5.32 Å². The minimum atomic E-state index is -0.373. The molecule has 0 bridgehead atoms. The van der Waals surface area contributed by atoms with Gasteiger partial charge in [0.15, 0.2) is 5.82 Å². The number of halogens is 1. The molecule has 5 nitrogen and oxygen atoms in total. The summed E-state index contributed by atoms with van der Waals surface area (Å²) in [5, 5.41) is 2.78. The van der Waals surface area contributed by atoms with Crippen molar-refractivity contribution in [2.45, 2.75) is 26.0 Å². The second-order valence-electron chi connectivity index (χ2n) is 5.74. The van der Waals surface area contributed by atoms with E-state index in [1.54, 1.807) is 12.1 Å². The van der Waals surface area contributed by atoms with Gasteiger partial charge < -0.3 is 15.0 Å². The van der Waals surface area contributed by atoms with Crippen molar-refractivity contribution < 1.29 is 13.9 Å². The second kappa shape index (κ2) is 8.39. The summed E-state index contributed by atoms with van der Waals surface area (Å²) in [4.78, 5) is 19.0. The van der Waals surface area contributed by atoms with Crippen LogP contribution in [-0.4, -0.2) is 22.5 Å². The van der Waals surface area contributed by atoms with E-state index in [-0.39, 0.29) is 18.3 Å². The Hall–Kier alpha value is -2.73. The molecule has 130 valence electrons. The molecule has 1 heterocycles. The lowest BCUT2D eigenvalue weighted by molar-refractivity contribution is -0.121. The molecule has 0 saturated carbocycles. The quantitative estimate of drug-likeness (QED) is 0.618. The molecule has 2 N–H and O–H groups in total. The molecule has 0 spiro atoms. The molecular formula is C19H20FN3O2. The van der Waals surface area contributed by atoms with E-state index in [0.717, 1.165) is 5.56 Å². The number of nitrogens with zero attached hydrogens (tertiary/aromatic N) is 1. The maximum atomic E-state index is 13.6. The Morgan fingerprint density at radius 3 is 2.80 bits per heavy atom. The number of benzene rings is 2. The van der Waals surface area contributed by atoms with Gasteiger partial charge in [0.05, 0.1) is 18.7 Å². The molecule has 1 aromatic heterocycles. The van der Waals surface area contributed by atoms with Gasteiger partial charge in [0.2, 0.25) is 5.91 Å². The van der Waals surface area contributed by atoms with Crippen LogP contribution >= 0.6 is 0 Å². The molecule has 0 saturated heterocycles. The standard InChI is InChI=1S/C19H20FN3O2/c20-15-8-4-9-16-19(15)23-17(22-16)12-21-18(24)10-5-11-25-13-14-6-2-1-3-7-14/h1-4,6-9H,5,10-13H2,(H,21,24)(H,22,23). The molecule has 25 heavy (non-hydrogen) atoms. The van der Waals surface area contributed by atoms with Crippen LogP contribution in [0.1, 0.15) is 24.2 Å². The molecule has 0 atom stereocenters. The zero-order chi connectivity index (χ0) is 17.5. The summed E-state index contributed by atoms with van der Waals surface area (Å²) in [5.41, 5.74) is 2.03. The number of hydrogen-bond acceptors (Lipinski definition) is 3. The zero-order valence-corrected chi connectivity index (χ0v) is 13.8. The van der Waals surface area contributed by atoms with Gasteiger partial charge in [0.25, 0.3) is 0 Å². The molecule has 3 rings (SSSR count). The summed E-state index contributed by atoms with van der Waals surface area (Å²) in [6.07, 6.45) is 1.02. The summed E-state index contributed by atoms with van der Waals surface area (Å²) in [6.45, 7) is 1.32. The Kier molecular flexibility index (Phi) is 5.74. The number of ether oxygens (including phenoxy) is 1. The highest BCUT2D eigenvalue weighted by Crippen LogP contribution is 2.14. The van der Waals surface area contributed by atoms with Crippen LogP contribution in [-0.2, 0) is 22.7 Å². The molecule has 0 aliphatic rings. The minimum Gasteiger partial charge on any atom is -0.377 e. The normalized spacial score (nSPS) is 10.9. The van der Waals surface area contributed by atoms with E-state index in [1.165, 1.54) is 6.07 Å². The van der Waals surface area contributed by atoms with Crippen molar-refractivity contribution in [3.8, 4) is 0 Å². The number of aromatic nitrogens is 2. The molecule has 2 aromatic carbocycles. The van der Waals surface area contributed by atoms with Gasteiger partial charge >= 0.3 is 0 Å². The molecule has 0 aliphatic carbocycles. The van der Waals surface area contributed by atoms with Gasteiger partial charge in [-0.25, -0.2) is 9.37 Å². The Balaban J connectivity index is 1.35. The SMILES string of the molecule is O=C(CCCOCc1ccccc1)NCc1nc2c(F)cccc2[nH]1. The van der Waals surface area contributed by atoms with Crippen molar-refractivity contribution in [1.29, 1.82) is 0 Å². The van der Waals surface area contributed by atoms with Crippen LogP contribution in [0.2, 0.25) is 0 Å². The van der Waals surface area contributed by atoms with Crippen molar-refractivity contribution in [2.24, 2.45) is 0 Å². The summed E-state index contributed by atoms with van der Waals surface area (Å²) < 4.78 is 19.1. The number of imidazole rings is 1. The summed E-state index contributed by atoms with van der Waals surface area (Å²) in [6, 6.07) is 14.6. The summed E-state index contributed by atoms with van der Waals surface area (Å²) in [5.74, 6) is 0.0832. The van der Waals surface area contributed by atoms with Crippen LogP contribution in [0, 0.1) is 5.82 Å². The minimum absolute atomic E-state index is 0.0794. The number of carbonyl (C=O) groups excluding carboxylic acids is 1. The average Bonchev–Trinajstić information content (AvgIpc) is 3.05. The topological polar surface area (TPSA) is 67.0 Å². The number of para-hydroxylation sites is 1. The highest BCUT2D eigenvalue weighted by molar-refractivity contribution is 5.77. The Labute approximate surface area is 145 Å². The van der Waals surface area contributed by atoms with Gasteiger partial charge in [0.1, 0.15) is 11.3 Å². The largest absolute Gasteiger partial charge is 0.377 e. The molecule has 1 amide bonds. The van der Waals surface area contributed by atoms with Gasteiger partial charge in [-0.05, 0) is 24.1 Å². The molecule has 3 aromatic rings. The number of hydrogen-bond donors (Lipinski definition) is 2. The number of fused-ring (bicyclic) bond motifs is 1. The lowest BCUT2D eigenvalue weighted by Crippen LogP contribution is -2.23. The van der Waals surface area contributed by atoms with E-state index in [0.29, 0.717) is 42.9 Å². The van der Waals surface area contributed by atoms with Gasteiger partial charge in [-0.15, -0.1) is 0 Å². The fourth-order valence-corrected chi connectivity index (χ4v) is 2.50. The first-order chi connectivity index (χ1) is 12.2. The van der Waals surface area contributed by atoms with Crippen molar-refractivity contribution in [1.82, 2.24) is 15.3 Å². The molecule has 6 heteroatoms. The van der Waals surface area contributed by atoms with Crippen LogP contribution in [0.3, 0.4) is 0 Å². The molecular weight excluding hydrogens is 321 g/mol. The Bertz CT molecular complexity index is 833. The second-order valence-corrected chi connectivity index (χ2v) is 5.74. The monoisotopic (exact) mass is 341 g/mol. The number of H-pyrrole nitrogens is 1. The predicted octanol–water partition coefficient (Wildman–Crippen LogP) is 3.32. The lowest BCUT2D eigenvalue weighted by atomic mass is 10.2. The van der Waals surface area contributed by atoms with Crippen molar-refractivity contribution in [2.75, 3.05) is 6.61 Å². The lowest BCUT2D eigenvalue weighted by Gasteiger charge is -2.05. The number of carbonyl (C=O) groups is 1. The first kappa shape index (κ1) is 17.1. The maximum absolute atomic E-state index is 13.6. The highest BCUT2D eigenvalue weighted by Gasteiger charge is 2.08. The van der Waals surface area contributed by atoms with Crippen LogP contribution in [0.4, 0.5) is 4.39 Å². The first-order valence-electron chi connectivity index (χ1n) is 8.24. The smallest absolute Gasteiger partial charge is 0.220 e. The first-order valence-corrected chi connectivity index (χ1v) is 8.24. The van der Waals surface area contributed by atoms with E-state index in [9.17, 15) is 9.18 Å². The number of nitrogens with one attached hydrogen (secondary N) is 2.